The summed E-state index contributed by atoms with van der Waals surface area (Å²) in [6, 6.07) is 11.1. The number of aromatic nitrogens is 1. The second kappa shape index (κ2) is 6.27. The van der Waals surface area contributed by atoms with E-state index < -0.39 is 15.6 Å². The molecule has 1 aliphatic rings. The van der Waals surface area contributed by atoms with Gasteiger partial charge < -0.3 is 9.42 Å². The van der Waals surface area contributed by atoms with Gasteiger partial charge in [0.1, 0.15) is 5.69 Å². The molecule has 134 valence electrons. The van der Waals surface area contributed by atoms with Gasteiger partial charge in [0.15, 0.2) is 0 Å². The van der Waals surface area contributed by atoms with Gasteiger partial charge in [-0.1, -0.05) is 35.5 Å². The van der Waals surface area contributed by atoms with Crippen LogP contribution in [0.15, 0.2) is 40.9 Å². The first-order chi connectivity index (χ1) is 11.7. The molecule has 0 N–H and O–H groups in total. The highest BCUT2D eigenvalue weighted by atomic mass is 32.2. The average Bonchev–Trinajstić information content (AvgIpc) is 3.02. The molecule has 1 saturated heterocycles. The van der Waals surface area contributed by atoms with E-state index in [1.54, 1.807) is 11.0 Å². The number of benzene rings is 1. The smallest absolute Gasteiger partial charge is 0.292 e. The third kappa shape index (κ3) is 3.59. The third-order valence-corrected chi connectivity index (χ3v) is 5.78. The van der Waals surface area contributed by atoms with E-state index in [1.165, 1.54) is 10.6 Å². The van der Waals surface area contributed by atoms with Crippen LogP contribution in [0.1, 0.15) is 24.4 Å². The van der Waals surface area contributed by atoms with Crippen molar-refractivity contribution in [2.75, 3.05) is 25.9 Å². The van der Waals surface area contributed by atoms with Crippen LogP contribution >= 0.6 is 0 Å². The van der Waals surface area contributed by atoms with Crippen LogP contribution in [-0.4, -0.2) is 60.1 Å². The van der Waals surface area contributed by atoms with Crippen molar-refractivity contribution in [3.63, 3.8) is 0 Å². The molecule has 0 saturated carbocycles. The Kier molecular flexibility index (Phi) is 4.42. The summed E-state index contributed by atoms with van der Waals surface area (Å²) >= 11 is 0. The molecule has 2 heterocycles. The van der Waals surface area contributed by atoms with Crippen molar-refractivity contribution < 1.29 is 17.7 Å². The maximum Gasteiger partial charge on any atom is 0.292 e. The van der Waals surface area contributed by atoms with Crippen LogP contribution in [0, 0.1) is 0 Å². The van der Waals surface area contributed by atoms with E-state index in [4.69, 9.17) is 4.52 Å². The minimum atomic E-state index is -3.32. The molecule has 0 atom stereocenters. The summed E-state index contributed by atoms with van der Waals surface area (Å²) in [4.78, 5) is 14.3. The van der Waals surface area contributed by atoms with Gasteiger partial charge in [0.2, 0.25) is 15.8 Å². The highest BCUT2D eigenvalue weighted by Gasteiger charge is 2.41. The highest BCUT2D eigenvalue weighted by Crippen LogP contribution is 2.26. The fourth-order valence-electron chi connectivity index (χ4n) is 3.20. The van der Waals surface area contributed by atoms with Crippen LogP contribution in [0.5, 0.6) is 0 Å². The monoisotopic (exact) mass is 363 g/mol. The number of carbonyl (C=O) groups excluding carboxylic acids is 1. The zero-order chi connectivity index (χ0) is 18.2. The van der Waals surface area contributed by atoms with Crippen LogP contribution in [0.2, 0.25) is 0 Å². The molecule has 1 fully saturated rings. The Morgan fingerprint density at radius 3 is 2.48 bits per heavy atom. The van der Waals surface area contributed by atoms with Gasteiger partial charge in [-0.2, -0.15) is 4.31 Å². The SMILES string of the molecule is CC1(C)CN(C(=O)c2cc(-c3ccccc3)no2)CCN1S(C)(=O)=O. The number of hydrogen-bond donors (Lipinski definition) is 0. The first-order valence-corrected chi connectivity index (χ1v) is 9.82. The average molecular weight is 363 g/mol. The Balaban J connectivity index is 1.78. The van der Waals surface area contributed by atoms with E-state index in [0.717, 1.165) is 5.56 Å². The van der Waals surface area contributed by atoms with Crippen molar-refractivity contribution >= 4 is 15.9 Å². The molecular weight excluding hydrogens is 342 g/mol. The molecule has 25 heavy (non-hydrogen) atoms. The Morgan fingerprint density at radius 2 is 1.88 bits per heavy atom. The van der Waals surface area contributed by atoms with Gasteiger partial charge in [0.25, 0.3) is 5.91 Å². The van der Waals surface area contributed by atoms with Gasteiger partial charge in [-0.3, -0.25) is 4.79 Å². The molecule has 0 spiro atoms. The van der Waals surface area contributed by atoms with Crippen molar-refractivity contribution in [3.05, 3.63) is 42.2 Å². The first-order valence-electron chi connectivity index (χ1n) is 7.98. The maximum absolute atomic E-state index is 12.7. The summed E-state index contributed by atoms with van der Waals surface area (Å²) in [5.74, 6) is -0.127. The second-order valence-corrected chi connectivity index (χ2v) is 8.72. The molecule has 0 unspecified atom stereocenters. The summed E-state index contributed by atoms with van der Waals surface area (Å²) in [5.41, 5.74) is 0.787. The molecular formula is C17H21N3O4S. The maximum atomic E-state index is 12.7. The van der Waals surface area contributed by atoms with Crippen LogP contribution in [0.3, 0.4) is 0 Å². The molecule has 1 aliphatic heterocycles. The Morgan fingerprint density at radius 1 is 1.20 bits per heavy atom. The van der Waals surface area contributed by atoms with Crippen LogP contribution in [-0.2, 0) is 10.0 Å². The summed E-state index contributed by atoms with van der Waals surface area (Å²) < 4.78 is 30.5. The van der Waals surface area contributed by atoms with E-state index in [0.29, 0.717) is 18.8 Å². The molecule has 7 nitrogen and oxygen atoms in total. The molecule has 0 bridgehead atoms. The normalized spacial score (nSPS) is 18.3. The molecule has 1 aromatic carbocycles. The second-order valence-electron chi connectivity index (χ2n) is 6.82. The number of carbonyl (C=O) groups is 1. The topological polar surface area (TPSA) is 83.7 Å². The number of rotatable bonds is 3. The molecule has 8 heteroatoms. The summed E-state index contributed by atoms with van der Waals surface area (Å²) in [6.45, 7) is 4.49. The van der Waals surface area contributed by atoms with E-state index >= 15 is 0 Å². The highest BCUT2D eigenvalue weighted by molar-refractivity contribution is 7.88. The lowest BCUT2D eigenvalue weighted by Crippen LogP contribution is -2.61. The van der Waals surface area contributed by atoms with Crippen molar-refractivity contribution in [1.29, 1.82) is 0 Å². The molecule has 1 aromatic heterocycles. The zero-order valence-corrected chi connectivity index (χ0v) is 15.3. The van der Waals surface area contributed by atoms with Crippen molar-refractivity contribution in [2.24, 2.45) is 0 Å². The molecule has 0 radical (unpaired) electrons. The number of amides is 1. The number of hydrogen-bond acceptors (Lipinski definition) is 5. The lowest BCUT2D eigenvalue weighted by molar-refractivity contribution is 0.0461. The minimum Gasteiger partial charge on any atom is -0.350 e. The summed E-state index contributed by atoms with van der Waals surface area (Å²) in [6.07, 6.45) is 1.19. The predicted molar refractivity (Wildman–Crippen MR) is 93.5 cm³/mol. The van der Waals surface area contributed by atoms with Crippen molar-refractivity contribution in [2.45, 2.75) is 19.4 Å². The van der Waals surface area contributed by atoms with Crippen molar-refractivity contribution in [3.8, 4) is 11.3 Å². The molecule has 3 rings (SSSR count). The Hall–Kier alpha value is -2.19. The molecule has 1 amide bonds. The van der Waals surface area contributed by atoms with E-state index in [1.807, 2.05) is 44.2 Å². The largest absolute Gasteiger partial charge is 0.350 e. The summed E-state index contributed by atoms with van der Waals surface area (Å²) in [5, 5.41) is 3.96. The number of piperazine rings is 1. The molecule has 2 aromatic rings. The van der Waals surface area contributed by atoms with E-state index in [9.17, 15) is 13.2 Å². The van der Waals surface area contributed by atoms with Crippen molar-refractivity contribution in [1.82, 2.24) is 14.4 Å². The van der Waals surface area contributed by atoms with Gasteiger partial charge in [-0.15, -0.1) is 0 Å². The fraction of sp³-hybridized carbons (Fsp3) is 0.412. The minimum absolute atomic E-state index is 0.155. The van der Waals surface area contributed by atoms with Gasteiger partial charge >= 0.3 is 0 Å². The van der Waals surface area contributed by atoms with E-state index in [-0.39, 0.29) is 18.2 Å². The van der Waals surface area contributed by atoms with Crippen LogP contribution in [0.4, 0.5) is 0 Å². The van der Waals surface area contributed by atoms with Crippen LogP contribution in [0.25, 0.3) is 11.3 Å². The van der Waals surface area contributed by atoms with Crippen LogP contribution < -0.4 is 0 Å². The number of sulfonamides is 1. The summed E-state index contributed by atoms with van der Waals surface area (Å²) in [7, 11) is -3.32. The quantitative estimate of drug-likeness (QED) is 0.831. The number of nitrogens with zero attached hydrogens (tertiary/aromatic N) is 3. The van der Waals surface area contributed by atoms with Gasteiger partial charge in [-0.05, 0) is 13.8 Å². The third-order valence-electron chi connectivity index (χ3n) is 4.30. The fourth-order valence-corrected chi connectivity index (χ4v) is 4.57. The lowest BCUT2D eigenvalue weighted by atomic mass is 10.0. The van der Waals surface area contributed by atoms with E-state index in [2.05, 4.69) is 5.16 Å². The Bertz CT molecular complexity index is 874. The van der Waals surface area contributed by atoms with Gasteiger partial charge in [0, 0.05) is 36.8 Å². The lowest BCUT2D eigenvalue weighted by Gasteiger charge is -2.45. The standard InChI is InChI=1S/C17H21N3O4S/c1-17(2)12-19(9-10-20(17)25(3,22)23)16(21)15-11-14(18-24-15)13-7-5-4-6-8-13/h4-8,11H,9-10,12H2,1-3H3. The van der Waals surface area contributed by atoms with Gasteiger partial charge in [-0.25, -0.2) is 8.42 Å². The first kappa shape index (κ1) is 17.6. The zero-order valence-electron chi connectivity index (χ0n) is 14.5. The Labute approximate surface area is 147 Å². The van der Waals surface area contributed by atoms with Gasteiger partial charge in [0.05, 0.1) is 6.26 Å². The molecule has 0 aliphatic carbocycles. The predicted octanol–water partition coefficient (Wildman–Crippen LogP) is 1.84.